The predicted octanol–water partition coefficient (Wildman–Crippen LogP) is 15.0. The third kappa shape index (κ3) is 10.2. The molecule has 440 valence electrons. The minimum Gasteiger partial charge on any atom is -0.452 e. The first-order valence-electron chi connectivity index (χ1n) is 31.1. The van der Waals surface area contributed by atoms with E-state index in [1.54, 1.807) is 79.7 Å². The van der Waals surface area contributed by atoms with Crippen LogP contribution < -0.4 is 10.4 Å². The van der Waals surface area contributed by atoms with Crippen LogP contribution in [0.15, 0.2) is 164 Å². The standard InChI is InChI=1S/C73H90O9Si/c1-48(2)55-39-44-73(47-77-83(68(4,5)6,53-33-23-15-24-34-53)54-35-25-16-26-36-54)46-45-71(10)56(60(55)73)37-38-58-70(9)42-41-59(69(7,8)57(70)40-43-72(58,71)11)79-67-63(82-66(76)52-31-21-14-22-32-52)62(81-65(75)51-29-19-13-20-30-51)61(49(3)78-67)80-64(74)50-27-17-12-18-28-50/h12-36,49,55-63,67H,1,37-47H2,2-11H3/t49-,55-,56+,57-,58+,59-,60+,61-,62+,63+,67-,70-,71+,72+,73+/m0/s1. The zero-order chi connectivity index (χ0) is 58.7. The van der Waals surface area contributed by atoms with Crippen molar-refractivity contribution < 1.29 is 42.5 Å². The number of benzene rings is 5. The molecule has 5 aromatic rings. The zero-order valence-corrected chi connectivity index (χ0v) is 51.9. The largest absolute Gasteiger partial charge is 0.452 e. The van der Waals surface area contributed by atoms with Crippen LogP contribution in [-0.2, 0) is 28.1 Å². The first kappa shape index (κ1) is 59.1. The normalized spacial score (nSPS) is 34.6. The molecule has 5 aliphatic carbocycles. The number of allylic oxidation sites excluding steroid dienone is 1. The van der Waals surface area contributed by atoms with E-state index >= 15 is 0 Å². The van der Waals surface area contributed by atoms with E-state index in [-0.39, 0.29) is 38.2 Å². The smallest absolute Gasteiger partial charge is 0.338 e. The summed E-state index contributed by atoms with van der Waals surface area (Å²) in [7, 11) is -2.79. The summed E-state index contributed by atoms with van der Waals surface area (Å²) in [6.07, 6.45) is 5.02. The molecule has 10 heteroatoms. The van der Waals surface area contributed by atoms with Gasteiger partial charge in [-0.1, -0.05) is 183 Å². The van der Waals surface area contributed by atoms with Crippen molar-refractivity contribution in [1.29, 1.82) is 0 Å². The molecule has 1 heterocycles. The number of ether oxygens (including phenoxy) is 5. The summed E-state index contributed by atoms with van der Waals surface area (Å²) < 4.78 is 41.3. The number of fused-ring (bicyclic) bond motifs is 7. The van der Waals surface area contributed by atoms with Crippen molar-refractivity contribution in [3.05, 3.63) is 181 Å². The molecule has 15 atom stereocenters. The van der Waals surface area contributed by atoms with Crippen LogP contribution in [0.3, 0.4) is 0 Å². The fourth-order valence-corrected chi connectivity index (χ4v) is 23.4. The van der Waals surface area contributed by atoms with Crippen molar-refractivity contribution in [1.82, 2.24) is 0 Å². The highest BCUT2D eigenvalue weighted by Gasteiger charge is 2.72. The quantitative estimate of drug-likeness (QED) is 0.0353. The molecule has 1 aliphatic heterocycles. The molecule has 1 saturated heterocycles. The molecule has 83 heavy (non-hydrogen) atoms. The Balaban J connectivity index is 0.878. The van der Waals surface area contributed by atoms with Gasteiger partial charge in [0, 0.05) is 6.61 Å². The molecular formula is C73H90O9Si. The molecule has 9 nitrogen and oxygen atoms in total. The molecule has 0 spiro atoms. The molecule has 5 aromatic carbocycles. The van der Waals surface area contributed by atoms with E-state index in [9.17, 15) is 14.4 Å². The Morgan fingerprint density at radius 3 is 1.57 bits per heavy atom. The van der Waals surface area contributed by atoms with Crippen molar-refractivity contribution >= 4 is 36.6 Å². The molecule has 0 aromatic heterocycles. The second kappa shape index (κ2) is 22.6. The Morgan fingerprint density at radius 1 is 0.566 bits per heavy atom. The van der Waals surface area contributed by atoms with E-state index in [1.165, 1.54) is 54.5 Å². The molecular weight excluding hydrogens is 1050 g/mol. The topological polar surface area (TPSA) is 107 Å². The monoisotopic (exact) mass is 1140 g/mol. The highest BCUT2D eigenvalue weighted by molar-refractivity contribution is 6.99. The third-order valence-corrected chi connectivity index (χ3v) is 27.9. The maximum absolute atomic E-state index is 14.3. The first-order chi connectivity index (χ1) is 39.6. The summed E-state index contributed by atoms with van der Waals surface area (Å²) in [5, 5.41) is 2.59. The zero-order valence-electron chi connectivity index (χ0n) is 50.9. The molecule has 0 radical (unpaired) electrons. The van der Waals surface area contributed by atoms with Crippen LogP contribution in [0.5, 0.6) is 0 Å². The average molecular weight is 1140 g/mol. The van der Waals surface area contributed by atoms with Crippen LogP contribution in [0.25, 0.3) is 0 Å². The Hall–Kier alpha value is -5.65. The number of esters is 3. The van der Waals surface area contributed by atoms with Crippen LogP contribution in [-0.4, -0.2) is 69.6 Å². The third-order valence-electron chi connectivity index (χ3n) is 23.0. The van der Waals surface area contributed by atoms with E-state index in [0.717, 1.165) is 32.3 Å². The lowest BCUT2D eigenvalue weighted by atomic mass is 9.32. The maximum atomic E-state index is 14.3. The summed E-state index contributed by atoms with van der Waals surface area (Å²) in [5.74, 6) is 0.442. The lowest BCUT2D eigenvalue weighted by Crippen LogP contribution is -2.69. The molecule has 0 unspecified atom stereocenters. The SMILES string of the molecule is C=C(C)[C@@H]1CC[C@]2(CO[Si](c3ccccc3)(c3ccccc3)C(C)(C)C)CC[C@]3(C)[C@H](CC[C@@H]4[C@@]5(C)CC[C@H](O[C@@H]6O[C@@H](C)[C@H](OC(=O)c7ccccc7)[C@@H](OC(=O)c7ccccc7)[C@H]6OC(=O)c6ccccc6)C(C)(C)[C@@H]5CC[C@]43C)[C@@H]12. The van der Waals surface area contributed by atoms with Gasteiger partial charge < -0.3 is 28.1 Å². The van der Waals surface area contributed by atoms with E-state index in [4.69, 9.17) is 34.7 Å². The number of hydrogen-bond acceptors (Lipinski definition) is 9. The first-order valence-corrected chi connectivity index (χ1v) is 33.0. The van der Waals surface area contributed by atoms with Gasteiger partial charge in [0.05, 0.1) is 28.9 Å². The van der Waals surface area contributed by atoms with Crippen molar-refractivity contribution in [3.63, 3.8) is 0 Å². The van der Waals surface area contributed by atoms with Gasteiger partial charge in [-0.3, -0.25) is 0 Å². The van der Waals surface area contributed by atoms with Gasteiger partial charge in [-0.05, 0) is 187 Å². The minimum atomic E-state index is -2.79. The Labute approximate surface area is 495 Å². The van der Waals surface area contributed by atoms with Gasteiger partial charge in [0.1, 0.15) is 0 Å². The molecule has 0 N–H and O–H groups in total. The number of rotatable bonds is 14. The van der Waals surface area contributed by atoms with Crippen LogP contribution in [0.4, 0.5) is 0 Å². The summed E-state index contributed by atoms with van der Waals surface area (Å²) in [5.41, 5.74) is 2.27. The number of carbonyl (C=O) groups is 3. The van der Waals surface area contributed by atoms with Crippen LogP contribution in [0, 0.1) is 56.7 Å². The molecule has 5 saturated carbocycles. The maximum Gasteiger partial charge on any atom is 0.338 e. The molecule has 6 aliphatic rings. The van der Waals surface area contributed by atoms with Gasteiger partial charge in [0.25, 0.3) is 8.32 Å². The van der Waals surface area contributed by atoms with Crippen LogP contribution >= 0.6 is 0 Å². The van der Waals surface area contributed by atoms with Crippen LogP contribution in [0.2, 0.25) is 5.04 Å². The van der Waals surface area contributed by atoms with E-state index < -0.39 is 56.9 Å². The van der Waals surface area contributed by atoms with Gasteiger partial charge >= 0.3 is 17.9 Å². The molecule has 11 rings (SSSR count). The molecule has 0 amide bonds. The Bertz CT molecular complexity index is 3070. The van der Waals surface area contributed by atoms with Gasteiger partial charge in [0.15, 0.2) is 24.6 Å². The Kier molecular flexibility index (Phi) is 16.1. The average Bonchev–Trinajstić information content (AvgIpc) is 1.66. The van der Waals surface area contributed by atoms with Crippen LogP contribution in [0.1, 0.15) is 165 Å². The second-order valence-electron chi connectivity index (χ2n) is 28.4. The summed E-state index contributed by atoms with van der Waals surface area (Å²) in [6.45, 7) is 29.7. The summed E-state index contributed by atoms with van der Waals surface area (Å²) in [6, 6.07) is 48.5. The highest BCUT2D eigenvalue weighted by atomic mass is 28.4. The molecule has 6 fully saturated rings. The van der Waals surface area contributed by atoms with E-state index in [0.29, 0.717) is 46.3 Å². The van der Waals surface area contributed by atoms with E-state index in [2.05, 4.69) is 123 Å². The van der Waals surface area contributed by atoms with Gasteiger partial charge in [-0.2, -0.15) is 0 Å². The fourth-order valence-electron chi connectivity index (χ4n) is 18.7. The number of carbonyl (C=O) groups excluding carboxylic acids is 3. The highest BCUT2D eigenvalue weighted by Crippen LogP contribution is 2.78. The van der Waals surface area contributed by atoms with Gasteiger partial charge in [-0.25, -0.2) is 14.4 Å². The summed E-state index contributed by atoms with van der Waals surface area (Å²) in [4.78, 5) is 42.4. The van der Waals surface area contributed by atoms with E-state index in [1.807, 2.05) is 18.2 Å². The molecule has 0 bridgehead atoms. The lowest BCUT2D eigenvalue weighted by Gasteiger charge is -2.73. The van der Waals surface area contributed by atoms with Gasteiger partial charge in [-0.15, -0.1) is 0 Å². The van der Waals surface area contributed by atoms with Crippen molar-refractivity contribution in [3.8, 4) is 0 Å². The minimum absolute atomic E-state index is 0.0269. The lowest BCUT2D eigenvalue weighted by molar-refractivity contribution is -0.324. The predicted molar refractivity (Wildman–Crippen MR) is 329 cm³/mol. The van der Waals surface area contributed by atoms with Crippen molar-refractivity contribution in [2.75, 3.05) is 6.61 Å². The summed E-state index contributed by atoms with van der Waals surface area (Å²) >= 11 is 0. The van der Waals surface area contributed by atoms with Gasteiger partial charge in [0.2, 0.25) is 0 Å². The number of hydrogen-bond donors (Lipinski definition) is 0. The Morgan fingerprint density at radius 2 is 1.06 bits per heavy atom. The second-order valence-corrected chi connectivity index (χ2v) is 32.7. The fraction of sp³-hybridized carbons (Fsp3) is 0.521. The van der Waals surface area contributed by atoms with Crippen molar-refractivity contribution in [2.45, 2.75) is 175 Å². The van der Waals surface area contributed by atoms with Crippen molar-refractivity contribution in [2.24, 2.45) is 56.7 Å².